The monoisotopic (exact) mass is 245 g/mol. The molecule has 2 N–H and O–H groups in total. The zero-order valence-corrected chi connectivity index (χ0v) is 11.1. The Morgan fingerprint density at radius 2 is 2.25 bits per heavy atom. The minimum atomic E-state index is -0.0912. The van der Waals surface area contributed by atoms with Gasteiger partial charge in [-0.2, -0.15) is 11.8 Å². The van der Waals surface area contributed by atoms with Gasteiger partial charge in [0.1, 0.15) is 0 Å². The fourth-order valence-electron chi connectivity index (χ4n) is 2.24. The molecular formula is C12H23NO2S. The van der Waals surface area contributed by atoms with Crippen molar-refractivity contribution in [3.8, 4) is 0 Å². The molecule has 0 aliphatic heterocycles. The predicted molar refractivity (Wildman–Crippen MR) is 68.6 cm³/mol. The third-order valence-corrected chi connectivity index (χ3v) is 4.39. The van der Waals surface area contributed by atoms with Crippen LogP contribution in [0.3, 0.4) is 0 Å². The average Bonchev–Trinajstić information content (AvgIpc) is 2.17. The lowest BCUT2D eigenvalue weighted by molar-refractivity contribution is -0.136. The van der Waals surface area contributed by atoms with Crippen LogP contribution in [0.15, 0.2) is 0 Å². The molecule has 1 rings (SSSR count). The van der Waals surface area contributed by atoms with E-state index in [2.05, 4.69) is 12.2 Å². The fraction of sp³-hybridized carbons (Fsp3) is 0.917. The first-order valence-electron chi connectivity index (χ1n) is 6.09. The Labute approximate surface area is 102 Å². The van der Waals surface area contributed by atoms with Crippen molar-refractivity contribution in [2.75, 3.05) is 18.6 Å². The van der Waals surface area contributed by atoms with Crippen molar-refractivity contribution in [1.29, 1.82) is 0 Å². The third kappa shape index (κ3) is 3.14. The van der Waals surface area contributed by atoms with Crippen molar-refractivity contribution in [1.82, 2.24) is 5.32 Å². The standard InChI is InChI=1S/C12H23NO2S/c1-3-12(6-4-7-12)11(15)13-10(5-8-14)9-16-2/h10,14H,3-9H2,1-2H3,(H,13,15). The number of amides is 1. The molecule has 0 aromatic carbocycles. The molecule has 1 aliphatic rings. The molecule has 1 saturated carbocycles. The number of aliphatic hydroxyl groups excluding tert-OH is 1. The van der Waals surface area contributed by atoms with Crippen LogP contribution in [0.4, 0.5) is 0 Å². The highest BCUT2D eigenvalue weighted by Crippen LogP contribution is 2.44. The fourth-order valence-corrected chi connectivity index (χ4v) is 2.89. The van der Waals surface area contributed by atoms with Crippen LogP contribution >= 0.6 is 11.8 Å². The van der Waals surface area contributed by atoms with Crippen LogP contribution in [-0.2, 0) is 4.79 Å². The van der Waals surface area contributed by atoms with Crippen LogP contribution in [-0.4, -0.2) is 35.7 Å². The molecule has 1 fully saturated rings. The summed E-state index contributed by atoms with van der Waals surface area (Å²) >= 11 is 1.71. The summed E-state index contributed by atoms with van der Waals surface area (Å²) in [5, 5.41) is 12.0. The van der Waals surface area contributed by atoms with Gasteiger partial charge in [-0.1, -0.05) is 13.3 Å². The first-order valence-corrected chi connectivity index (χ1v) is 7.48. The van der Waals surface area contributed by atoms with Gasteiger partial charge in [-0.25, -0.2) is 0 Å². The molecule has 0 aromatic heterocycles. The zero-order chi connectivity index (χ0) is 12.0. The van der Waals surface area contributed by atoms with Gasteiger partial charge in [0.2, 0.25) is 5.91 Å². The van der Waals surface area contributed by atoms with Crippen molar-refractivity contribution in [3.63, 3.8) is 0 Å². The Morgan fingerprint density at radius 1 is 1.56 bits per heavy atom. The summed E-state index contributed by atoms with van der Waals surface area (Å²) < 4.78 is 0. The van der Waals surface area contributed by atoms with E-state index in [0.29, 0.717) is 6.42 Å². The smallest absolute Gasteiger partial charge is 0.226 e. The summed E-state index contributed by atoms with van der Waals surface area (Å²) in [5.41, 5.74) is -0.0912. The summed E-state index contributed by atoms with van der Waals surface area (Å²) in [6.07, 6.45) is 6.85. The van der Waals surface area contributed by atoms with E-state index in [1.807, 2.05) is 6.26 Å². The SMILES string of the molecule is CCC1(C(=O)NC(CCO)CSC)CCC1. The molecule has 0 radical (unpaired) electrons. The number of rotatable bonds is 7. The molecule has 16 heavy (non-hydrogen) atoms. The second-order valence-electron chi connectivity index (χ2n) is 4.63. The number of carbonyl (C=O) groups is 1. The maximum atomic E-state index is 12.1. The van der Waals surface area contributed by atoms with Crippen molar-refractivity contribution < 1.29 is 9.90 Å². The van der Waals surface area contributed by atoms with Gasteiger partial charge < -0.3 is 10.4 Å². The van der Waals surface area contributed by atoms with Crippen LogP contribution in [0.2, 0.25) is 0 Å². The van der Waals surface area contributed by atoms with E-state index in [-0.39, 0.29) is 24.0 Å². The molecule has 1 amide bonds. The molecule has 0 spiro atoms. The summed E-state index contributed by atoms with van der Waals surface area (Å²) in [7, 11) is 0. The lowest BCUT2D eigenvalue weighted by Gasteiger charge is -2.40. The van der Waals surface area contributed by atoms with Gasteiger partial charge in [-0.05, 0) is 31.9 Å². The molecule has 94 valence electrons. The van der Waals surface area contributed by atoms with Crippen LogP contribution in [0.25, 0.3) is 0 Å². The summed E-state index contributed by atoms with van der Waals surface area (Å²) in [6.45, 7) is 2.24. The van der Waals surface area contributed by atoms with Crippen molar-refractivity contribution in [2.45, 2.75) is 45.1 Å². The van der Waals surface area contributed by atoms with Gasteiger partial charge in [0.15, 0.2) is 0 Å². The van der Waals surface area contributed by atoms with E-state index in [9.17, 15) is 4.79 Å². The number of nitrogens with one attached hydrogen (secondary N) is 1. The quantitative estimate of drug-likeness (QED) is 0.719. The number of thioether (sulfide) groups is 1. The highest BCUT2D eigenvalue weighted by atomic mass is 32.2. The Bertz CT molecular complexity index is 218. The molecule has 1 unspecified atom stereocenters. The van der Waals surface area contributed by atoms with Crippen molar-refractivity contribution >= 4 is 17.7 Å². The Kier molecular flexibility index (Phi) is 5.62. The summed E-state index contributed by atoms with van der Waals surface area (Å²) in [6, 6.07) is 0.122. The normalized spacial score (nSPS) is 19.9. The van der Waals surface area contributed by atoms with Gasteiger partial charge in [0.25, 0.3) is 0 Å². The average molecular weight is 245 g/mol. The lowest BCUT2D eigenvalue weighted by atomic mass is 9.66. The van der Waals surface area contributed by atoms with E-state index in [0.717, 1.165) is 25.0 Å². The number of aliphatic hydroxyl groups is 1. The van der Waals surface area contributed by atoms with Crippen LogP contribution < -0.4 is 5.32 Å². The van der Waals surface area contributed by atoms with Crippen LogP contribution in [0.1, 0.15) is 39.0 Å². The molecular weight excluding hydrogens is 222 g/mol. The largest absolute Gasteiger partial charge is 0.396 e. The van der Waals surface area contributed by atoms with E-state index < -0.39 is 0 Å². The topological polar surface area (TPSA) is 49.3 Å². The third-order valence-electron chi connectivity index (χ3n) is 3.65. The number of hydrogen-bond donors (Lipinski definition) is 2. The second-order valence-corrected chi connectivity index (χ2v) is 5.54. The number of hydrogen-bond acceptors (Lipinski definition) is 3. The Balaban J connectivity index is 2.46. The highest BCUT2D eigenvalue weighted by molar-refractivity contribution is 7.98. The maximum Gasteiger partial charge on any atom is 0.226 e. The van der Waals surface area contributed by atoms with Crippen LogP contribution in [0, 0.1) is 5.41 Å². The molecule has 0 heterocycles. The van der Waals surface area contributed by atoms with E-state index in [4.69, 9.17) is 5.11 Å². The summed E-state index contributed by atoms with van der Waals surface area (Å²) in [5.74, 6) is 1.08. The van der Waals surface area contributed by atoms with E-state index in [1.54, 1.807) is 11.8 Å². The first-order chi connectivity index (χ1) is 7.68. The molecule has 0 aromatic rings. The van der Waals surface area contributed by atoms with E-state index in [1.165, 1.54) is 6.42 Å². The lowest BCUT2D eigenvalue weighted by Crippen LogP contribution is -2.49. The van der Waals surface area contributed by atoms with Gasteiger partial charge >= 0.3 is 0 Å². The summed E-state index contributed by atoms with van der Waals surface area (Å²) in [4.78, 5) is 12.1. The molecule has 3 nitrogen and oxygen atoms in total. The van der Waals surface area contributed by atoms with Gasteiger partial charge in [-0.15, -0.1) is 0 Å². The van der Waals surface area contributed by atoms with Gasteiger partial charge in [0, 0.05) is 23.8 Å². The predicted octanol–water partition coefficient (Wildman–Crippen LogP) is 1.80. The minimum Gasteiger partial charge on any atom is -0.396 e. The van der Waals surface area contributed by atoms with Crippen LogP contribution in [0.5, 0.6) is 0 Å². The minimum absolute atomic E-state index is 0.0912. The molecule has 1 aliphatic carbocycles. The Morgan fingerprint density at radius 3 is 2.62 bits per heavy atom. The van der Waals surface area contributed by atoms with Gasteiger partial charge in [0.05, 0.1) is 0 Å². The molecule has 0 bridgehead atoms. The second kappa shape index (κ2) is 6.50. The molecule has 4 heteroatoms. The van der Waals surface area contributed by atoms with Crippen molar-refractivity contribution in [2.24, 2.45) is 5.41 Å². The highest BCUT2D eigenvalue weighted by Gasteiger charge is 2.42. The first kappa shape index (κ1) is 13.8. The van der Waals surface area contributed by atoms with E-state index >= 15 is 0 Å². The zero-order valence-electron chi connectivity index (χ0n) is 10.3. The number of carbonyl (C=O) groups excluding carboxylic acids is 1. The Hall–Kier alpha value is -0.220. The molecule has 0 saturated heterocycles. The molecule has 1 atom stereocenters. The van der Waals surface area contributed by atoms with Gasteiger partial charge in [-0.3, -0.25) is 4.79 Å². The van der Waals surface area contributed by atoms with Crippen molar-refractivity contribution in [3.05, 3.63) is 0 Å². The maximum absolute atomic E-state index is 12.1.